The maximum Gasteiger partial charge on any atom is 0.505 e. The van der Waals surface area contributed by atoms with Crippen LogP contribution in [0.3, 0.4) is 0 Å². The maximum atomic E-state index is 13.4. The second kappa shape index (κ2) is 7.42. The Bertz CT molecular complexity index is 861. The van der Waals surface area contributed by atoms with E-state index in [0.717, 1.165) is 18.4 Å². The summed E-state index contributed by atoms with van der Waals surface area (Å²) in [6.45, 7) is 2.15. The van der Waals surface area contributed by atoms with Crippen molar-refractivity contribution in [3.05, 3.63) is 35.9 Å². The topological polar surface area (TPSA) is 76.0 Å². The number of anilines is 1. The van der Waals surface area contributed by atoms with Crippen LogP contribution in [0.1, 0.15) is 25.3 Å². The van der Waals surface area contributed by atoms with Crippen molar-refractivity contribution in [2.45, 2.75) is 32.5 Å². The molecule has 144 valence electrons. The van der Waals surface area contributed by atoms with E-state index in [9.17, 15) is 22.8 Å². The predicted octanol–water partition coefficient (Wildman–Crippen LogP) is 3.05. The van der Waals surface area contributed by atoms with E-state index in [2.05, 4.69) is 15.7 Å². The van der Waals surface area contributed by atoms with Crippen LogP contribution in [0.25, 0.3) is 11.3 Å². The van der Waals surface area contributed by atoms with Crippen LogP contribution in [-0.4, -0.2) is 28.1 Å². The highest BCUT2D eigenvalue weighted by molar-refractivity contribution is 5.96. The van der Waals surface area contributed by atoms with Crippen LogP contribution in [0.5, 0.6) is 0 Å². The fourth-order valence-corrected chi connectivity index (χ4v) is 3.03. The minimum Gasteiger partial charge on any atom is -0.355 e. The molecule has 1 saturated heterocycles. The first kappa shape index (κ1) is 18.9. The normalized spacial score (nSPS) is 17.0. The molecule has 2 N–H and O–H groups in total. The van der Waals surface area contributed by atoms with Gasteiger partial charge in [0.25, 0.3) is 0 Å². The second-order valence-electron chi connectivity index (χ2n) is 6.44. The van der Waals surface area contributed by atoms with E-state index in [1.54, 1.807) is 18.2 Å². The van der Waals surface area contributed by atoms with Gasteiger partial charge in [-0.05, 0) is 18.1 Å². The molecule has 0 radical (unpaired) electrons. The van der Waals surface area contributed by atoms with Gasteiger partial charge in [-0.2, -0.15) is 4.68 Å². The van der Waals surface area contributed by atoms with Crippen molar-refractivity contribution in [3.63, 3.8) is 0 Å². The number of hydrogen-bond acceptors (Lipinski definition) is 3. The summed E-state index contributed by atoms with van der Waals surface area (Å²) in [6, 6.07) is 8.01. The zero-order valence-electron chi connectivity index (χ0n) is 14.6. The van der Waals surface area contributed by atoms with Crippen molar-refractivity contribution in [1.29, 1.82) is 0 Å². The van der Waals surface area contributed by atoms with Gasteiger partial charge in [0, 0.05) is 24.6 Å². The molecule has 0 aliphatic carbocycles. The average molecular weight is 380 g/mol. The Morgan fingerprint density at radius 1 is 1.37 bits per heavy atom. The molecule has 1 aromatic heterocycles. The minimum absolute atomic E-state index is 0.0116. The Morgan fingerprint density at radius 3 is 2.78 bits per heavy atom. The van der Waals surface area contributed by atoms with Gasteiger partial charge in [-0.25, -0.2) is 0 Å². The van der Waals surface area contributed by atoms with E-state index in [1.807, 2.05) is 13.0 Å². The smallest absolute Gasteiger partial charge is 0.355 e. The molecule has 2 heterocycles. The molecule has 1 aromatic carbocycles. The first-order valence-electron chi connectivity index (χ1n) is 8.62. The van der Waals surface area contributed by atoms with Gasteiger partial charge < -0.3 is 10.6 Å². The molecular weight excluding hydrogens is 361 g/mol. The molecule has 2 amide bonds. The summed E-state index contributed by atoms with van der Waals surface area (Å²) in [4.78, 5) is 23.4. The lowest BCUT2D eigenvalue weighted by molar-refractivity contribution is -0.210. The lowest BCUT2D eigenvalue weighted by Crippen LogP contribution is -2.25. The van der Waals surface area contributed by atoms with Crippen LogP contribution in [0.4, 0.5) is 19.0 Å². The highest BCUT2D eigenvalue weighted by atomic mass is 19.4. The van der Waals surface area contributed by atoms with E-state index >= 15 is 0 Å². The molecule has 1 aliphatic heterocycles. The number of aromatic nitrogens is 2. The Kier molecular flexibility index (Phi) is 5.20. The van der Waals surface area contributed by atoms with Crippen LogP contribution in [0.15, 0.2) is 30.3 Å². The van der Waals surface area contributed by atoms with Gasteiger partial charge in [-0.1, -0.05) is 31.5 Å². The second-order valence-corrected chi connectivity index (χ2v) is 6.44. The summed E-state index contributed by atoms with van der Waals surface area (Å²) in [5.74, 6) is -1.62. The van der Waals surface area contributed by atoms with Crippen LogP contribution in [-0.2, 0) is 22.3 Å². The Morgan fingerprint density at radius 2 is 2.15 bits per heavy atom. The zero-order chi connectivity index (χ0) is 19.6. The van der Waals surface area contributed by atoms with Crippen molar-refractivity contribution in [2.75, 3.05) is 11.9 Å². The monoisotopic (exact) mass is 380 g/mol. The molecule has 0 bridgehead atoms. The van der Waals surface area contributed by atoms with Crippen LogP contribution in [0, 0.1) is 5.92 Å². The van der Waals surface area contributed by atoms with Gasteiger partial charge in [0.1, 0.15) is 0 Å². The molecule has 0 saturated carbocycles. The van der Waals surface area contributed by atoms with Crippen molar-refractivity contribution in [3.8, 4) is 11.3 Å². The molecule has 6 nitrogen and oxygen atoms in total. The van der Waals surface area contributed by atoms with Crippen molar-refractivity contribution >= 4 is 17.6 Å². The molecule has 27 heavy (non-hydrogen) atoms. The Balaban J connectivity index is 1.91. The fourth-order valence-electron chi connectivity index (χ4n) is 3.03. The van der Waals surface area contributed by atoms with E-state index < -0.39 is 18.1 Å². The first-order valence-corrected chi connectivity index (χ1v) is 8.62. The Hall–Kier alpha value is -2.84. The van der Waals surface area contributed by atoms with Crippen molar-refractivity contribution < 1.29 is 22.8 Å². The zero-order valence-corrected chi connectivity index (χ0v) is 14.6. The lowest BCUT2D eigenvalue weighted by Gasteiger charge is -2.11. The standard InChI is InChI=1S/C18H19F3N4O2/c1-2-4-11-5-3-6-12(7-11)14-9-15(24-25(14)18(19,20)21)23-17(27)13-8-16(26)22-10-13/h3,5-7,9,13H,2,4,8,10H2,1H3,(H,22,26)(H,23,24,27)/t13-/m0/s1. The van der Waals surface area contributed by atoms with Gasteiger partial charge in [0.15, 0.2) is 5.82 Å². The van der Waals surface area contributed by atoms with E-state index in [1.165, 1.54) is 6.07 Å². The number of halogens is 3. The quantitative estimate of drug-likeness (QED) is 0.837. The summed E-state index contributed by atoms with van der Waals surface area (Å²) in [7, 11) is 0. The van der Waals surface area contributed by atoms with Crippen LogP contribution in [0.2, 0.25) is 0 Å². The highest BCUT2D eigenvalue weighted by Crippen LogP contribution is 2.32. The van der Waals surface area contributed by atoms with Crippen LogP contribution >= 0.6 is 0 Å². The SMILES string of the molecule is CCCc1cccc(-c2cc(NC(=O)[C@@H]3CNC(=O)C3)nn2C(F)(F)F)c1. The summed E-state index contributed by atoms with van der Waals surface area (Å²) in [5.41, 5.74) is 1.13. The molecule has 1 aliphatic rings. The molecule has 1 fully saturated rings. The highest BCUT2D eigenvalue weighted by Gasteiger charge is 2.36. The number of carbonyl (C=O) groups is 2. The minimum atomic E-state index is -4.73. The molecular formula is C18H19F3N4O2. The molecule has 9 heteroatoms. The number of aryl methyl sites for hydroxylation is 1. The molecule has 2 aromatic rings. The fraction of sp³-hybridized carbons (Fsp3) is 0.389. The molecule has 1 atom stereocenters. The molecule has 0 spiro atoms. The third-order valence-corrected chi connectivity index (χ3v) is 4.31. The summed E-state index contributed by atoms with van der Waals surface area (Å²) in [5, 5.41) is 8.42. The first-order chi connectivity index (χ1) is 12.8. The molecule has 0 unspecified atom stereocenters. The number of hydrogen-bond donors (Lipinski definition) is 2. The van der Waals surface area contributed by atoms with E-state index in [4.69, 9.17) is 0 Å². The largest absolute Gasteiger partial charge is 0.505 e. The lowest BCUT2D eigenvalue weighted by atomic mass is 10.0. The van der Waals surface area contributed by atoms with Crippen molar-refractivity contribution in [2.24, 2.45) is 5.92 Å². The van der Waals surface area contributed by atoms with Gasteiger partial charge >= 0.3 is 6.30 Å². The number of amides is 2. The van der Waals surface area contributed by atoms with Gasteiger partial charge in [-0.15, -0.1) is 18.3 Å². The summed E-state index contributed by atoms with van der Waals surface area (Å²) in [6.07, 6.45) is -3.10. The average Bonchev–Trinajstić information content (AvgIpc) is 3.22. The number of alkyl halides is 3. The van der Waals surface area contributed by atoms with Crippen LogP contribution < -0.4 is 10.6 Å². The Labute approximate surface area is 153 Å². The predicted molar refractivity (Wildman–Crippen MR) is 92.7 cm³/mol. The number of carbonyl (C=O) groups excluding carboxylic acids is 2. The summed E-state index contributed by atoms with van der Waals surface area (Å²) >= 11 is 0. The van der Waals surface area contributed by atoms with Gasteiger partial charge in [0.05, 0.1) is 11.6 Å². The van der Waals surface area contributed by atoms with E-state index in [0.29, 0.717) is 5.56 Å². The third kappa shape index (κ3) is 4.29. The summed E-state index contributed by atoms with van der Waals surface area (Å²) < 4.78 is 40.2. The van der Waals surface area contributed by atoms with Gasteiger partial charge in [-0.3, -0.25) is 9.59 Å². The number of nitrogens with zero attached hydrogens (tertiary/aromatic N) is 2. The molecule has 3 rings (SSSR count). The number of rotatable bonds is 5. The van der Waals surface area contributed by atoms with Gasteiger partial charge in [0.2, 0.25) is 11.8 Å². The number of nitrogens with one attached hydrogen (secondary N) is 2. The van der Waals surface area contributed by atoms with Crippen molar-refractivity contribution in [1.82, 2.24) is 15.1 Å². The maximum absolute atomic E-state index is 13.4. The number of benzene rings is 1. The third-order valence-electron chi connectivity index (χ3n) is 4.31. The van der Waals surface area contributed by atoms with E-state index in [-0.39, 0.29) is 35.1 Å².